The van der Waals surface area contributed by atoms with E-state index in [-0.39, 0.29) is 11.7 Å². The first-order valence-corrected chi connectivity index (χ1v) is 3.97. The molecule has 68 valence electrons. The first-order valence-electron chi connectivity index (χ1n) is 3.97. The molecule has 3 nitrogen and oxygen atoms in total. The van der Waals surface area contributed by atoms with Gasteiger partial charge in [-0.25, -0.2) is 0 Å². The van der Waals surface area contributed by atoms with E-state index >= 15 is 0 Å². The zero-order chi connectivity index (χ0) is 9.56. The lowest BCUT2D eigenvalue weighted by Gasteiger charge is -2.02. The van der Waals surface area contributed by atoms with Gasteiger partial charge in [0.2, 0.25) is 5.91 Å². The van der Waals surface area contributed by atoms with Crippen LogP contribution >= 0.6 is 0 Å². The van der Waals surface area contributed by atoms with E-state index in [0.29, 0.717) is 25.0 Å². The summed E-state index contributed by atoms with van der Waals surface area (Å²) >= 11 is 0. The highest BCUT2D eigenvalue weighted by Gasteiger charge is 1.99. The van der Waals surface area contributed by atoms with Gasteiger partial charge in [-0.1, -0.05) is 6.58 Å². The molecule has 3 heteroatoms. The van der Waals surface area contributed by atoms with Crippen molar-refractivity contribution in [2.45, 2.75) is 26.7 Å². The summed E-state index contributed by atoms with van der Waals surface area (Å²) in [5.41, 5.74) is 0.498. The summed E-state index contributed by atoms with van der Waals surface area (Å²) in [5.74, 6) is 0.0122. The minimum Gasteiger partial charge on any atom is -0.352 e. The van der Waals surface area contributed by atoms with Crippen molar-refractivity contribution in [2.24, 2.45) is 0 Å². The predicted octanol–water partition coefficient (Wildman–Crippen LogP) is 1.05. The van der Waals surface area contributed by atoms with Gasteiger partial charge in [0.25, 0.3) is 0 Å². The smallest absolute Gasteiger partial charge is 0.246 e. The first kappa shape index (κ1) is 10.9. The molecule has 0 fully saturated rings. The normalized spacial score (nSPS) is 9.17. The van der Waals surface area contributed by atoms with Gasteiger partial charge in [0.15, 0.2) is 0 Å². The monoisotopic (exact) mass is 169 g/mol. The summed E-state index contributed by atoms with van der Waals surface area (Å²) in [6, 6.07) is 0. The van der Waals surface area contributed by atoms with Crippen LogP contribution in [0.4, 0.5) is 0 Å². The molecule has 0 saturated carbocycles. The number of amides is 1. The standard InChI is InChI=1S/C9H15NO2/c1-7(2)9(12)10-6-4-5-8(3)11/h1,4-6H2,2-3H3,(H,10,12). The summed E-state index contributed by atoms with van der Waals surface area (Å²) in [6.07, 6.45) is 1.23. The van der Waals surface area contributed by atoms with Crippen molar-refractivity contribution in [3.8, 4) is 0 Å². The lowest BCUT2D eigenvalue weighted by atomic mass is 10.2. The van der Waals surface area contributed by atoms with Crippen molar-refractivity contribution in [1.29, 1.82) is 0 Å². The van der Waals surface area contributed by atoms with Crippen LogP contribution in [0.3, 0.4) is 0 Å². The third-order valence-electron chi connectivity index (χ3n) is 1.38. The zero-order valence-corrected chi connectivity index (χ0v) is 7.64. The molecule has 0 heterocycles. The first-order chi connectivity index (χ1) is 5.54. The van der Waals surface area contributed by atoms with Gasteiger partial charge >= 0.3 is 0 Å². The number of hydrogen-bond donors (Lipinski definition) is 1. The number of carbonyl (C=O) groups excluding carboxylic acids is 2. The molecule has 0 atom stereocenters. The van der Waals surface area contributed by atoms with Crippen molar-refractivity contribution in [3.63, 3.8) is 0 Å². The van der Waals surface area contributed by atoms with Gasteiger partial charge in [0.05, 0.1) is 0 Å². The number of Topliss-reactive ketones (excluding diaryl/α,β-unsaturated/α-hetero) is 1. The summed E-state index contributed by atoms with van der Waals surface area (Å²) in [6.45, 7) is 7.23. The SMILES string of the molecule is C=C(C)C(=O)NCCCC(C)=O. The summed E-state index contributed by atoms with van der Waals surface area (Å²) in [4.78, 5) is 21.4. The average Bonchev–Trinajstić information content (AvgIpc) is 1.97. The van der Waals surface area contributed by atoms with Crippen LogP contribution in [-0.4, -0.2) is 18.2 Å². The molecule has 0 unspecified atom stereocenters. The second-order valence-corrected chi connectivity index (χ2v) is 2.84. The Kier molecular flexibility index (Phi) is 5.00. The minimum absolute atomic E-state index is 0.140. The highest BCUT2D eigenvalue weighted by molar-refractivity contribution is 5.92. The fourth-order valence-corrected chi connectivity index (χ4v) is 0.690. The Morgan fingerprint density at radius 3 is 2.33 bits per heavy atom. The van der Waals surface area contributed by atoms with E-state index in [2.05, 4.69) is 11.9 Å². The van der Waals surface area contributed by atoms with Crippen molar-refractivity contribution >= 4 is 11.7 Å². The molecule has 0 aromatic heterocycles. The molecule has 0 bridgehead atoms. The van der Waals surface area contributed by atoms with E-state index < -0.39 is 0 Å². The third kappa shape index (κ3) is 5.65. The highest BCUT2D eigenvalue weighted by atomic mass is 16.1. The Morgan fingerprint density at radius 1 is 1.33 bits per heavy atom. The minimum atomic E-state index is -0.140. The second kappa shape index (κ2) is 5.52. The maximum atomic E-state index is 10.9. The van der Waals surface area contributed by atoms with Gasteiger partial charge in [0, 0.05) is 18.5 Å². The van der Waals surface area contributed by atoms with Crippen LogP contribution in [0.2, 0.25) is 0 Å². The molecule has 0 aromatic carbocycles. The van der Waals surface area contributed by atoms with Crippen LogP contribution in [0.1, 0.15) is 26.7 Å². The Balaban J connectivity index is 3.38. The molecule has 1 amide bonds. The van der Waals surface area contributed by atoms with Gasteiger partial charge in [-0.2, -0.15) is 0 Å². The number of carbonyl (C=O) groups is 2. The van der Waals surface area contributed by atoms with Crippen LogP contribution in [0.25, 0.3) is 0 Å². The molecular weight excluding hydrogens is 154 g/mol. The topological polar surface area (TPSA) is 46.2 Å². The van der Waals surface area contributed by atoms with E-state index in [4.69, 9.17) is 0 Å². The molecule has 0 aliphatic rings. The van der Waals surface area contributed by atoms with E-state index in [1.54, 1.807) is 13.8 Å². The van der Waals surface area contributed by atoms with Crippen molar-refractivity contribution in [2.75, 3.05) is 6.54 Å². The molecule has 0 rings (SSSR count). The maximum Gasteiger partial charge on any atom is 0.246 e. The van der Waals surface area contributed by atoms with Crippen LogP contribution in [0.15, 0.2) is 12.2 Å². The molecule has 0 aliphatic carbocycles. The molecule has 0 aromatic rings. The van der Waals surface area contributed by atoms with Crippen molar-refractivity contribution < 1.29 is 9.59 Å². The Morgan fingerprint density at radius 2 is 1.92 bits per heavy atom. The van der Waals surface area contributed by atoms with Gasteiger partial charge in [-0.05, 0) is 20.3 Å². The highest BCUT2D eigenvalue weighted by Crippen LogP contribution is 1.90. The summed E-state index contributed by atoms with van der Waals surface area (Å²) in [7, 11) is 0. The fourth-order valence-electron chi connectivity index (χ4n) is 0.690. The Bertz CT molecular complexity index is 197. The zero-order valence-electron chi connectivity index (χ0n) is 7.64. The Hall–Kier alpha value is -1.12. The van der Waals surface area contributed by atoms with E-state index in [1.165, 1.54) is 0 Å². The molecule has 1 N–H and O–H groups in total. The van der Waals surface area contributed by atoms with Crippen molar-refractivity contribution in [3.05, 3.63) is 12.2 Å². The van der Waals surface area contributed by atoms with Gasteiger partial charge in [-0.3, -0.25) is 4.79 Å². The molecule has 12 heavy (non-hydrogen) atoms. The van der Waals surface area contributed by atoms with E-state index in [0.717, 1.165) is 0 Å². The number of nitrogens with one attached hydrogen (secondary N) is 1. The van der Waals surface area contributed by atoms with Crippen LogP contribution in [-0.2, 0) is 9.59 Å². The number of hydrogen-bond acceptors (Lipinski definition) is 2. The average molecular weight is 169 g/mol. The molecule has 0 aliphatic heterocycles. The van der Waals surface area contributed by atoms with E-state index in [9.17, 15) is 9.59 Å². The van der Waals surface area contributed by atoms with Crippen molar-refractivity contribution in [1.82, 2.24) is 5.32 Å². The summed E-state index contributed by atoms with van der Waals surface area (Å²) in [5, 5.41) is 2.65. The van der Waals surface area contributed by atoms with Crippen LogP contribution < -0.4 is 5.32 Å². The predicted molar refractivity (Wildman–Crippen MR) is 47.7 cm³/mol. The molecule has 0 saturated heterocycles. The van der Waals surface area contributed by atoms with Gasteiger partial charge in [-0.15, -0.1) is 0 Å². The lowest BCUT2D eigenvalue weighted by Crippen LogP contribution is -2.24. The number of ketones is 1. The summed E-state index contributed by atoms with van der Waals surface area (Å²) < 4.78 is 0. The van der Waals surface area contributed by atoms with Crippen LogP contribution in [0, 0.1) is 0 Å². The maximum absolute atomic E-state index is 10.9. The molecule has 0 radical (unpaired) electrons. The van der Waals surface area contributed by atoms with E-state index in [1.807, 2.05) is 0 Å². The lowest BCUT2D eigenvalue weighted by molar-refractivity contribution is -0.119. The fraction of sp³-hybridized carbons (Fsp3) is 0.556. The Labute approximate surface area is 72.8 Å². The molecular formula is C9H15NO2. The third-order valence-corrected chi connectivity index (χ3v) is 1.38. The largest absolute Gasteiger partial charge is 0.352 e. The van der Waals surface area contributed by atoms with Gasteiger partial charge < -0.3 is 10.1 Å². The van der Waals surface area contributed by atoms with Gasteiger partial charge in [0.1, 0.15) is 5.78 Å². The second-order valence-electron chi connectivity index (χ2n) is 2.84. The van der Waals surface area contributed by atoms with Crippen LogP contribution in [0.5, 0.6) is 0 Å². The number of rotatable bonds is 5. The molecule has 0 spiro atoms. The quantitative estimate of drug-likeness (QED) is 0.494.